The van der Waals surface area contributed by atoms with Gasteiger partial charge in [0.2, 0.25) is 5.91 Å². The third-order valence-electron chi connectivity index (χ3n) is 3.47. The highest BCUT2D eigenvalue weighted by Gasteiger charge is 2.23. The molecule has 104 valence electrons. The van der Waals surface area contributed by atoms with Gasteiger partial charge in [-0.25, -0.2) is 0 Å². The lowest BCUT2D eigenvalue weighted by molar-refractivity contribution is -0.117. The molecule has 2 N–H and O–H groups in total. The SMILES string of the molecule is Cc1cc(C)c(NC(=O)CN(C)C2CNC2)c(Cl)c1. The first-order valence-electron chi connectivity index (χ1n) is 6.45. The Balaban J connectivity index is 1.98. The van der Waals surface area contributed by atoms with Gasteiger partial charge in [0.05, 0.1) is 17.3 Å². The van der Waals surface area contributed by atoms with Gasteiger partial charge in [-0.15, -0.1) is 0 Å². The van der Waals surface area contributed by atoms with Gasteiger partial charge in [0.1, 0.15) is 0 Å². The zero-order chi connectivity index (χ0) is 14.0. The summed E-state index contributed by atoms with van der Waals surface area (Å²) in [4.78, 5) is 14.1. The second-order valence-electron chi connectivity index (χ2n) is 5.21. The van der Waals surface area contributed by atoms with E-state index in [4.69, 9.17) is 11.6 Å². The topological polar surface area (TPSA) is 44.4 Å². The number of aryl methyl sites for hydroxylation is 2. The van der Waals surface area contributed by atoms with Crippen LogP contribution < -0.4 is 10.6 Å². The van der Waals surface area contributed by atoms with Gasteiger partial charge in [-0.1, -0.05) is 17.7 Å². The third-order valence-corrected chi connectivity index (χ3v) is 3.77. The van der Waals surface area contributed by atoms with E-state index < -0.39 is 0 Å². The number of halogens is 1. The minimum atomic E-state index is -0.0248. The summed E-state index contributed by atoms with van der Waals surface area (Å²) in [7, 11) is 1.97. The van der Waals surface area contributed by atoms with Gasteiger partial charge in [-0.05, 0) is 38.1 Å². The van der Waals surface area contributed by atoms with Crippen molar-refractivity contribution >= 4 is 23.2 Å². The number of rotatable bonds is 4. The van der Waals surface area contributed by atoms with E-state index >= 15 is 0 Å². The van der Waals surface area contributed by atoms with E-state index in [1.165, 1.54) is 0 Å². The number of carbonyl (C=O) groups excluding carboxylic acids is 1. The van der Waals surface area contributed by atoms with Gasteiger partial charge in [0.15, 0.2) is 0 Å². The van der Waals surface area contributed by atoms with Gasteiger partial charge in [0.25, 0.3) is 0 Å². The van der Waals surface area contributed by atoms with Gasteiger partial charge in [-0.2, -0.15) is 0 Å². The maximum Gasteiger partial charge on any atom is 0.238 e. The number of anilines is 1. The van der Waals surface area contributed by atoms with Crippen LogP contribution in [0.5, 0.6) is 0 Å². The standard InChI is InChI=1S/C14H20ClN3O/c1-9-4-10(2)14(12(15)5-9)17-13(19)8-18(3)11-6-16-7-11/h4-5,11,16H,6-8H2,1-3H3,(H,17,19). The molecule has 4 nitrogen and oxygen atoms in total. The van der Waals surface area contributed by atoms with E-state index in [1.807, 2.05) is 33.0 Å². The lowest BCUT2D eigenvalue weighted by Crippen LogP contribution is -2.57. The van der Waals surface area contributed by atoms with E-state index in [9.17, 15) is 4.79 Å². The molecule has 5 heteroatoms. The van der Waals surface area contributed by atoms with Crippen molar-refractivity contribution in [2.24, 2.45) is 0 Å². The number of hydrogen-bond acceptors (Lipinski definition) is 3. The minimum Gasteiger partial charge on any atom is -0.323 e. The summed E-state index contributed by atoms with van der Waals surface area (Å²) in [6, 6.07) is 4.34. The van der Waals surface area contributed by atoms with Crippen LogP contribution in [0, 0.1) is 13.8 Å². The second kappa shape index (κ2) is 5.90. The highest BCUT2D eigenvalue weighted by Crippen LogP contribution is 2.27. The van der Waals surface area contributed by atoms with E-state index in [2.05, 4.69) is 15.5 Å². The Morgan fingerprint density at radius 2 is 2.16 bits per heavy atom. The highest BCUT2D eigenvalue weighted by molar-refractivity contribution is 6.34. The number of hydrogen-bond donors (Lipinski definition) is 2. The third kappa shape index (κ3) is 3.47. The molecule has 1 aliphatic heterocycles. The lowest BCUT2D eigenvalue weighted by atomic mass is 10.1. The smallest absolute Gasteiger partial charge is 0.238 e. The normalized spacial score (nSPS) is 15.4. The fourth-order valence-electron chi connectivity index (χ4n) is 2.19. The molecule has 0 saturated carbocycles. The van der Waals surface area contributed by atoms with Crippen LogP contribution in [-0.4, -0.2) is 43.5 Å². The van der Waals surface area contributed by atoms with E-state index in [1.54, 1.807) is 0 Å². The Kier molecular flexibility index (Phi) is 4.45. The summed E-state index contributed by atoms with van der Waals surface area (Å²) in [5.74, 6) is -0.0248. The molecule has 0 radical (unpaired) electrons. The first kappa shape index (κ1) is 14.3. The molecule has 0 aromatic heterocycles. The number of nitrogens with one attached hydrogen (secondary N) is 2. The van der Waals surface area contributed by atoms with Gasteiger partial charge < -0.3 is 10.6 Å². The van der Waals surface area contributed by atoms with Crippen LogP contribution in [0.4, 0.5) is 5.69 Å². The van der Waals surface area contributed by atoms with Crippen LogP contribution in [0.2, 0.25) is 5.02 Å². The summed E-state index contributed by atoms with van der Waals surface area (Å²) in [5, 5.41) is 6.70. The summed E-state index contributed by atoms with van der Waals surface area (Å²) in [6.07, 6.45) is 0. The van der Waals surface area contributed by atoms with Crippen LogP contribution in [0.25, 0.3) is 0 Å². The van der Waals surface area contributed by atoms with Crippen molar-refractivity contribution < 1.29 is 4.79 Å². The van der Waals surface area contributed by atoms with Crippen LogP contribution >= 0.6 is 11.6 Å². The molecule has 1 fully saturated rings. The Morgan fingerprint density at radius 1 is 1.47 bits per heavy atom. The molecular weight excluding hydrogens is 262 g/mol. The lowest BCUT2D eigenvalue weighted by Gasteiger charge is -2.35. The summed E-state index contributed by atoms with van der Waals surface area (Å²) in [5.41, 5.74) is 2.81. The Bertz CT molecular complexity index is 463. The molecule has 0 aliphatic carbocycles. The van der Waals surface area contributed by atoms with Crippen molar-refractivity contribution in [3.63, 3.8) is 0 Å². The van der Waals surface area contributed by atoms with Crippen LogP contribution in [0.15, 0.2) is 12.1 Å². The Hall–Kier alpha value is -1.10. The molecule has 1 aliphatic rings. The molecule has 0 unspecified atom stereocenters. The van der Waals surface area contributed by atoms with Crippen LogP contribution in [-0.2, 0) is 4.79 Å². The maximum atomic E-state index is 12.0. The molecule has 1 aromatic carbocycles. The highest BCUT2D eigenvalue weighted by atomic mass is 35.5. The van der Waals surface area contributed by atoms with Crippen molar-refractivity contribution in [3.8, 4) is 0 Å². The summed E-state index contributed by atoms with van der Waals surface area (Å²) < 4.78 is 0. The molecule has 0 bridgehead atoms. The first-order valence-corrected chi connectivity index (χ1v) is 6.82. The van der Waals surface area contributed by atoms with E-state index in [0.29, 0.717) is 17.6 Å². The van der Waals surface area contributed by atoms with Gasteiger partial charge in [-0.3, -0.25) is 9.69 Å². The predicted molar refractivity (Wildman–Crippen MR) is 78.8 cm³/mol. The average Bonchev–Trinajstić information content (AvgIpc) is 2.20. The van der Waals surface area contributed by atoms with Crippen molar-refractivity contribution in [3.05, 3.63) is 28.3 Å². The molecule has 1 heterocycles. The first-order chi connectivity index (χ1) is 8.97. The van der Waals surface area contributed by atoms with Crippen molar-refractivity contribution in [2.75, 3.05) is 32.0 Å². The quantitative estimate of drug-likeness (QED) is 0.885. The number of nitrogens with zero attached hydrogens (tertiary/aromatic N) is 1. The van der Waals surface area contributed by atoms with E-state index in [0.717, 1.165) is 29.9 Å². The molecule has 1 aromatic rings. The van der Waals surface area contributed by atoms with Crippen molar-refractivity contribution in [2.45, 2.75) is 19.9 Å². The molecule has 1 amide bonds. The molecule has 2 rings (SSSR count). The summed E-state index contributed by atoms with van der Waals surface area (Å²) in [6.45, 7) is 6.23. The molecule has 1 saturated heterocycles. The monoisotopic (exact) mass is 281 g/mol. The summed E-state index contributed by atoms with van der Waals surface area (Å²) >= 11 is 6.18. The van der Waals surface area contributed by atoms with Crippen LogP contribution in [0.1, 0.15) is 11.1 Å². The number of carbonyl (C=O) groups is 1. The Labute approximate surface area is 119 Å². The number of amides is 1. The number of likely N-dealkylation sites (N-methyl/N-ethyl adjacent to an activating group) is 1. The average molecular weight is 282 g/mol. The van der Waals surface area contributed by atoms with Gasteiger partial charge in [0, 0.05) is 19.1 Å². The zero-order valence-corrected chi connectivity index (χ0v) is 12.3. The van der Waals surface area contributed by atoms with Gasteiger partial charge >= 0.3 is 0 Å². The fraction of sp³-hybridized carbons (Fsp3) is 0.500. The molecule has 19 heavy (non-hydrogen) atoms. The fourth-order valence-corrected chi connectivity index (χ4v) is 2.56. The molecule has 0 spiro atoms. The predicted octanol–water partition coefficient (Wildman–Crippen LogP) is 1.80. The second-order valence-corrected chi connectivity index (χ2v) is 5.62. The largest absolute Gasteiger partial charge is 0.323 e. The van der Waals surface area contributed by atoms with Crippen LogP contribution in [0.3, 0.4) is 0 Å². The zero-order valence-electron chi connectivity index (χ0n) is 11.6. The van der Waals surface area contributed by atoms with E-state index in [-0.39, 0.29) is 5.91 Å². The molecule has 0 atom stereocenters. The Morgan fingerprint density at radius 3 is 2.68 bits per heavy atom. The maximum absolute atomic E-state index is 12.0. The molecular formula is C14H20ClN3O. The van der Waals surface area contributed by atoms with Crippen molar-refractivity contribution in [1.82, 2.24) is 10.2 Å². The minimum absolute atomic E-state index is 0.0248. The van der Waals surface area contributed by atoms with Crippen molar-refractivity contribution in [1.29, 1.82) is 0 Å². The number of benzene rings is 1.